The summed E-state index contributed by atoms with van der Waals surface area (Å²) in [6.07, 6.45) is 4.25. The number of thiophene rings is 1. The molecule has 4 aromatic rings. The number of aromatic amines is 1. The minimum absolute atomic E-state index is 0.0161. The lowest BCUT2D eigenvalue weighted by atomic mass is 10.1. The van der Waals surface area contributed by atoms with Gasteiger partial charge in [0.25, 0.3) is 0 Å². The number of rotatable bonds is 7. The molecule has 29 heavy (non-hydrogen) atoms. The van der Waals surface area contributed by atoms with Crippen molar-refractivity contribution in [3.63, 3.8) is 0 Å². The molecule has 1 saturated carbocycles. The molecule has 148 valence electrons. The van der Waals surface area contributed by atoms with E-state index in [-0.39, 0.29) is 11.2 Å². The second-order valence-corrected chi connectivity index (χ2v) is 9.55. The summed E-state index contributed by atoms with van der Waals surface area (Å²) in [7, 11) is 0. The van der Waals surface area contributed by atoms with Gasteiger partial charge in [0.2, 0.25) is 5.91 Å². The van der Waals surface area contributed by atoms with Crippen molar-refractivity contribution < 1.29 is 4.79 Å². The van der Waals surface area contributed by atoms with E-state index in [9.17, 15) is 4.79 Å². The zero-order chi connectivity index (χ0) is 19.8. The van der Waals surface area contributed by atoms with Gasteiger partial charge in [-0.1, -0.05) is 36.0 Å². The largest absolute Gasteiger partial charge is 0.360 e. The molecule has 0 aliphatic heterocycles. The van der Waals surface area contributed by atoms with Gasteiger partial charge in [-0.25, -0.2) is 0 Å². The first kappa shape index (κ1) is 18.4. The Morgan fingerprint density at radius 1 is 1.31 bits per heavy atom. The lowest BCUT2D eigenvalue weighted by Crippen LogP contribution is -2.30. The molecular formula is C21H21N5OS2. The molecule has 8 heteroatoms. The third-order valence-electron chi connectivity index (χ3n) is 5.08. The normalized spacial score (nSPS) is 14.9. The second-order valence-electron chi connectivity index (χ2n) is 7.21. The molecule has 0 spiro atoms. The van der Waals surface area contributed by atoms with Gasteiger partial charge >= 0.3 is 0 Å². The van der Waals surface area contributed by atoms with E-state index in [0.717, 1.165) is 45.2 Å². The van der Waals surface area contributed by atoms with E-state index < -0.39 is 0 Å². The maximum absolute atomic E-state index is 12.6. The summed E-state index contributed by atoms with van der Waals surface area (Å²) >= 11 is 3.12. The number of nitrogens with zero attached hydrogens (tertiary/aromatic N) is 3. The molecule has 1 aliphatic rings. The Hall–Kier alpha value is -2.58. The van der Waals surface area contributed by atoms with E-state index in [2.05, 4.69) is 37.2 Å². The van der Waals surface area contributed by atoms with Gasteiger partial charge in [0.05, 0.1) is 11.8 Å². The van der Waals surface area contributed by atoms with Gasteiger partial charge in [-0.2, -0.15) is 0 Å². The van der Waals surface area contributed by atoms with Crippen LogP contribution in [0.25, 0.3) is 22.3 Å². The van der Waals surface area contributed by atoms with E-state index in [1.807, 2.05) is 42.8 Å². The van der Waals surface area contributed by atoms with Crippen molar-refractivity contribution in [3.05, 3.63) is 52.9 Å². The number of nitrogens with one attached hydrogen (secondary N) is 2. The number of hydrogen-bond donors (Lipinski definition) is 2. The minimum atomic E-state index is -0.243. The van der Waals surface area contributed by atoms with Crippen LogP contribution >= 0.6 is 23.1 Å². The van der Waals surface area contributed by atoms with E-state index >= 15 is 0 Å². The molecular weight excluding hydrogens is 402 g/mol. The Labute approximate surface area is 176 Å². The first-order chi connectivity index (χ1) is 14.2. The molecule has 2 N–H and O–H groups in total. The molecule has 5 rings (SSSR count). The van der Waals surface area contributed by atoms with Crippen molar-refractivity contribution >= 4 is 39.9 Å². The zero-order valence-electron chi connectivity index (χ0n) is 16.0. The first-order valence-electron chi connectivity index (χ1n) is 9.69. The van der Waals surface area contributed by atoms with Gasteiger partial charge in [-0.15, -0.1) is 21.5 Å². The number of thioether (sulfide) groups is 1. The average Bonchev–Trinajstić information content (AvgIpc) is 3.13. The molecule has 1 amide bonds. The van der Waals surface area contributed by atoms with Gasteiger partial charge in [-0.3, -0.25) is 9.36 Å². The van der Waals surface area contributed by atoms with Crippen LogP contribution in [0.15, 0.2) is 53.1 Å². The van der Waals surface area contributed by atoms with Crippen LogP contribution in [0, 0.1) is 0 Å². The third-order valence-corrected chi connectivity index (χ3v) is 7.01. The quantitative estimate of drug-likeness (QED) is 0.425. The minimum Gasteiger partial charge on any atom is -0.360 e. The molecule has 6 nitrogen and oxygen atoms in total. The molecule has 1 fully saturated rings. The van der Waals surface area contributed by atoms with Crippen LogP contribution in [-0.4, -0.2) is 30.9 Å². The van der Waals surface area contributed by atoms with Crippen molar-refractivity contribution in [1.29, 1.82) is 0 Å². The summed E-state index contributed by atoms with van der Waals surface area (Å²) in [5, 5.41) is 15.7. The highest BCUT2D eigenvalue weighted by molar-refractivity contribution is 8.00. The van der Waals surface area contributed by atoms with Crippen LogP contribution in [-0.2, 0) is 11.3 Å². The summed E-state index contributed by atoms with van der Waals surface area (Å²) < 4.78 is 2.21. The Bertz CT molecular complexity index is 1140. The molecule has 1 aliphatic carbocycles. The van der Waals surface area contributed by atoms with Crippen LogP contribution in [0.1, 0.15) is 30.7 Å². The lowest BCUT2D eigenvalue weighted by molar-refractivity contribution is -0.120. The van der Waals surface area contributed by atoms with Gasteiger partial charge in [0, 0.05) is 33.6 Å². The highest BCUT2D eigenvalue weighted by Gasteiger charge is 2.32. The number of carbonyl (C=O) groups excluding carboxylic acids is 1. The zero-order valence-corrected chi connectivity index (χ0v) is 17.6. The molecule has 0 saturated heterocycles. The van der Waals surface area contributed by atoms with Crippen LogP contribution in [0.3, 0.4) is 0 Å². The number of benzene rings is 1. The maximum Gasteiger partial charge on any atom is 0.233 e. The molecule has 3 heterocycles. The summed E-state index contributed by atoms with van der Waals surface area (Å²) in [5.41, 5.74) is 2.14. The predicted molar refractivity (Wildman–Crippen MR) is 117 cm³/mol. The highest BCUT2D eigenvalue weighted by Crippen LogP contribution is 2.42. The first-order valence-corrected chi connectivity index (χ1v) is 11.4. The Kier molecular flexibility index (Phi) is 4.89. The SMILES string of the molecule is C[C@@H](Sc1nnc(-c2c[nH]c3ccccc23)n1C1CC1)C(=O)NCc1cccs1. The van der Waals surface area contributed by atoms with E-state index in [1.165, 1.54) is 11.8 Å². The van der Waals surface area contributed by atoms with Crippen LogP contribution in [0.4, 0.5) is 0 Å². The standard InChI is InChI=1S/C21H21N5OS2/c1-13(20(27)23-11-15-5-4-10-28-15)29-21-25-24-19(26(21)14-8-9-14)17-12-22-18-7-3-2-6-16(17)18/h2-7,10,12-14,22H,8-9,11H2,1H3,(H,23,27)/t13-/m1/s1. The van der Waals surface area contributed by atoms with Crippen LogP contribution < -0.4 is 5.32 Å². The van der Waals surface area contributed by atoms with Crippen molar-refractivity contribution in [2.45, 2.75) is 42.8 Å². The maximum atomic E-state index is 12.6. The predicted octanol–water partition coefficient (Wildman–Crippen LogP) is 4.62. The molecule has 0 unspecified atom stereocenters. The molecule has 3 aromatic heterocycles. The van der Waals surface area contributed by atoms with Gasteiger partial charge in [-0.05, 0) is 37.3 Å². The summed E-state index contributed by atoms with van der Waals surface area (Å²) in [5.74, 6) is 0.890. The number of fused-ring (bicyclic) bond motifs is 1. The number of aromatic nitrogens is 4. The molecule has 0 bridgehead atoms. The summed E-state index contributed by atoms with van der Waals surface area (Å²) in [6, 6.07) is 12.7. The fourth-order valence-corrected chi connectivity index (χ4v) is 4.99. The van der Waals surface area contributed by atoms with Crippen molar-refractivity contribution in [2.75, 3.05) is 0 Å². The van der Waals surface area contributed by atoms with E-state index in [1.54, 1.807) is 11.3 Å². The van der Waals surface area contributed by atoms with Gasteiger partial charge in [0.1, 0.15) is 0 Å². The average molecular weight is 424 g/mol. The van der Waals surface area contributed by atoms with Gasteiger partial charge in [0.15, 0.2) is 11.0 Å². The van der Waals surface area contributed by atoms with E-state index in [0.29, 0.717) is 12.6 Å². The Balaban J connectivity index is 1.38. The number of para-hydroxylation sites is 1. The van der Waals surface area contributed by atoms with Crippen molar-refractivity contribution in [3.8, 4) is 11.4 Å². The lowest BCUT2D eigenvalue weighted by Gasteiger charge is -2.13. The smallest absolute Gasteiger partial charge is 0.233 e. The number of amides is 1. The molecule has 0 radical (unpaired) electrons. The van der Waals surface area contributed by atoms with Gasteiger partial charge < -0.3 is 10.3 Å². The second kappa shape index (κ2) is 7.68. The van der Waals surface area contributed by atoms with Crippen LogP contribution in [0.5, 0.6) is 0 Å². The highest BCUT2D eigenvalue weighted by atomic mass is 32.2. The molecule has 1 aromatic carbocycles. The third kappa shape index (κ3) is 3.70. The Morgan fingerprint density at radius 3 is 2.97 bits per heavy atom. The number of carbonyl (C=O) groups is 1. The van der Waals surface area contributed by atoms with Crippen molar-refractivity contribution in [2.24, 2.45) is 0 Å². The number of H-pyrrole nitrogens is 1. The monoisotopic (exact) mass is 423 g/mol. The summed E-state index contributed by atoms with van der Waals surface area (Å²) in [6.45, 7) is 2.49. The number of hydrogen-bond acceptors (Lipinski definition) is 5. The molecule has 1 atom stereocenters. The fourth-order valence-electron chi connectivity index (χ4n) is 3.40. The topological polar surface area (TPSA) is 75.6 Å². The van der Waals surface area contributed by atoms with Crippen molar-refractivity contribution in [1.82, 2.24) is 25.1 Å². The fraction of sp³-hybridized carbons (Fsp3) is 0.286. The summed E-state index contributed by atoms with van der Waals surface area (Å²) in [4.78, 5) is 17.0. The van der Waals surface area contributed by atoms with Crippen LogP contribution in [0.2, 0.25) is 0 Å². The van der Waals surface area contributed by atoms with E-state index in [4.69, 9.17) is 0 Å². The Morgan fingerprint density at radius 2 is 2.17 bits per heavy atom.